The van der Waals surface area contributed by atoms with E-state index < -0.39 is 5.97 Å². The Labute approximate surface area is 191 Å². The lowest BCUT2D eigenvalue weighted by atomic mass is 10.0. The Balaban J connectivity index is 1.63. The van der Waals surface area contributed by atoms with Gasteiger partial charge in [0.1, 0.15) is 23.9 Å². The van der Waals surface area contributed by atoms with E-state index in [4.69, 9.17) is 18.9 Å². The first-order valence-corrected chi connectivity index (χ1v) is 10.6. The first-order chi connectivity index (χ1) is 15.9. The lowest BCUT2D eigenvalue weighted by Crippen LogP contribution is -2.14. The maximum absolute atomic E-state index is 13.1. The second-order valence-corrected chi connectivity index (χ2v) is 7.57. The van der Waals surface area contributed by atoms with Gasteiger partial charge in [0, 0.05) is 35.3 Å². The van der Waals surface area contributed by atoms with Crippen molar-refractivity contribution in [2.75, 3.05) is 20.3 Å². The Morgan fingerprint density at radius 3 is 2.76 bits per heavy atom. The molecular formula is C26H25NO6. The molecule has 2 aromatic carbocycles. The molecule has 4 rings (SSSR count). The van der Waals surface area contributed by atoms with Gasteiger partial charge in [-0.25, -0.2) is 4.79 Å². The van der Waals surface area contributed by atoms with Crippen LogP contribution in [0.4, 0.5) is 0 Å². The van der Waals surface area contributed by atoms with E-state index in [1.54, 1.807) is 32.2 Å². The Hall–Kier alpha value is -4.00. The molecule has 0 N–H and O–H groups in total. The van der Waals surface area contributed by atoms with Gasteiger partial charge in [0.15, 0.2) is 12.4 Å². The number of carbonyl (C=O) groups is 2. The van der Waals surface area contributed by atoms with Gasteiger partial charge in [-0.05, 0) is 49.8 Å². The molecular weight excluding hydrogens is 422 g/mol. The zero-order valence-corrected chi connectivity index (χ0v) is 18.8. The number of ketones is 1. The SMILES string of the molecule is C=CCOC(=O)COc1cc(C)c2c(c1)O/C(=C\c1cn(CC)c3ccc(OC)cc13)C2=O. The number of rotatable bonds is 8. The van der Waals surface area contributed by atoms with Gasteiger partial charge in [-0.2, -0.15) is 0 Å². The normalized spacial score (nSPS) is 13.7. The number of aromatic nitrogens is 1. The molecule has 0 fully saturated rings. The van der Waals surface area contributed by atoms with Crippen molar-refractivity contribution in [3.05, 3.63) is 71.6 Å². The predicted molar refractivity (Wildman–Crippen MR) is 125 cm³/mol. The topological polar surface area (TPSA) is 76.0 Å². The number of hydrogen-bond acceptors (Lipinski definition) is 6. The minimum atomic E-state index is -0.506. The summed E-state index contributed by atoms with van der Waals surface area (Å²) < 4.78 is 23.8. The average Bonchev–Trinajstić information content (AvgIpc) is 3.33. The lowest BCUT2D eigenvalue weighted by Gasteiger charge is -2.08. The fourth-order valence-electron chi connectivity index (χ4n) is 3.85. The van der Waals surface area contributed by atoms with Gasteiger partial charge in [-0.1, -0.05) is 12.7 Å². The summed E-state index contributed by atoms with van der Waals surface area (Å²) in [5.41, 5.74) is 3.09. The molecule has 0 saturated heterocycles. The van der Waals surface area contributed by atoms with Crippen LogP contribution in [0.25, 0.3) is 17.0 Å². The van der Waals surface area contributed by atoms with Gasteiger partial charge in [0.05, 0.1) is 12.7 Å². The standard InChI is InChI=1S/C26H25NO6/c1-5-9-31-24(28)15-32-19-10-16(3)25-22(13-19)33-23(26(25)29)11-17-14-27(6-2)21-8-7-18(30-4)12-20(17)21/h5,7-8,10-14H,1,6,9,15H2,2-4H3/b23-11-. The van der Waals surface area contributed by atoms with Gasteiger partial charge >= 0.3 is 5.97 Å². The van der Waals surface area contributed by atoms with E-state index in [-0.39, 0.29) is 24.8 Å². The van der Waals surface area contributed by atoms with E-state index in [2.05, 4.69) is 18.1 Å². The van der Waals surface area contributed by atoms with Gasteiger partial charge in [0.25, 0.3) is 0 Å². The van der Waals surface area contributed by atoms with Crippen LogP contribution < -0.4 is 14.2 Å². The molecule has 2 heterocycles. The van der Waals surface area contributed by atoms with Crippen molar-refractivity contribution in [1.29, 1.82) is 0 Å². The Morgan fingerprint density at radius 1 is 1.21 bits per heavy atom. The molecule has 0 atom stereocenters. The zero-order valence-electron chi connectivity index (χ0n) is 18.8. The molecule has 0 amide bonds. The number of esters is 1. The minimum Gasteiger partial charge on any atom is -0.497 e. The quantitative estimate of drug-likeness (QED) is 0.283. The minimum absolute atomic E-state index is 0.123. The van der Waals surface area contributed by atoms with Crippen molar-refractivity contribution in [2.45, 2.75) is 20.4 Å². The number of fused-ring (bicyclic) bond motifs is 2. The Kier molecular flexibility index (Phi) is 6.22. The molecule has 0 spiro atoms. The highest BCUT2D eigenvalue weighted by Crippen LogP contribution is 2.38. The molecule has 1 aliphatic heterocycles. The number of hydrogen-bond donors (Lipinski definition) is 0. The highest BCUT2D eigenvalue weighted by Gasteiger charge is 2.30. The molecule has 0 radical (unpaired) electrons. The molecule has 1 aliphatic rings. The highest BCUT2D eigenvalue weighted by molar-refractivity contribution is 6.16. The summed E-state index contributed by atoms with van der Waals surface area (Å²) in [7, 11) is 1.62. The molecule has 1 aromatic heterocycles. The maximum Gasteiger partial charge on any atom is 0.344 e. The van der Waals surface area contributed by atoms with E-state index in [1.807, 2.05) is 24.4 Å². The van der Waals surface area contributed by atoms with Gasteiger partial charge in [-0.15, -0.1) is 0 Å². The summed E-state index contributed by atoms with van der Waals surface area (Å²) in [5, 5.41) is 0.967. The molecule has 7 heteroatoms. The number of methoxy groups -OCH3 is 1. The van der Waals surface area contributed by atoms with Gasteiger partial charge in [0.2, 0.25) is 5.78 Å². The van der Waals surface area contributed by atoms with Crippen LogP contribution in [0, 0.1) is 6.92 Å². The molecule has 0 saturated carbocycles. The van der Waals surface area contributed by atoms with E-state index in [9.17, 15) is 9.59 Å². The highest BCUT2D eigenvalue weighted by atomic mass is 16.6. The van der Waals surface area contributed by atoms with Crippen LogP contribution >= 0.6 is 0 Å². The maximum atomic E-state index is 13.1. The first kappa shape index (κ1) is 22.2. The molecule has 0 unspecified atom stereocenters. The number of carbonyl (C=O) groups excluding carboxylic acids is 2. The van der Waals surface area contributed by atoms with Gasteiger partial charge in [-0.3, -0.25) is 4.79 Å². The average molecular weight is 447 g/mol. The summed E-state index contributed by atoms with van der Waals surface area (Å²) in [6.45, 7) is 8.03. The van der Waals surface area contributed by atoms with Crippen LogP contribution in [0.15, 0.2) is 54.9 Å². The fourth-order valence-corrected chi connectivity index (χ4v) is 3.85. The summed E-state index contributed by atoms with van der Waals surface area (Å²) in [6, 6.07) is 9.18. The van der Waals surface area contributed by atoms with E-state index in [1.165, 1.54) is 6.08 Å². The third-order valence-electron chi connectivity index (χ3n) is 5.41. The van der Waals surface area contributed by atoms with E-state index in [0.29, 0.717) is 22.6 Å². The van der Waals surface area contributed by atoms with E-state index in [0.717, 1.165) is 28.8 Å². The van der Waals surface area contributed by atoms with Crippen LogP contribution in [-0.4, -0.2) is 36.6 Å². The largest absolute Gasteiger partial charge is 0.497 e. The molecule has 0 aliphatic carbocycles. The smallest absolute Gasteiger partial charge is 0.344 e. The molecule has 0 bridgehead atoms. The number of ether oxygens (including phenoxy) is 4. The summed E-state index contributed by atoms with van der Waals surface area (Å²) in [4.78, 5) is 24.8. The third-order valence-corrected chi connectivity index (χ3v) is 5.41. The number of nitrogens with zero attached hydrogens (tertiary/aromatic N) is 1. The first-order valence-electron chi connectivity index (χ1n) is 10.6. The summed E-state index contributed by atoms with van der Waals surface area (Å²) in [6.07, 6.45) is 5.23. The van der Waals surface area contributed by atoms with E-state index >= 15 is 0 Å². The predicted octanol–water partition coefficient (Wildman–Crippen LogP) is 4.70. The van der Waals surface area contributed by atoms with Crippen LogP contribution in [0.2, 0.25) is 0 Å². The molecule has 33 heavy (non-hydrogen) atoms. The number of aryl methyl sites for hydroxylation is 2. The van der Waals surface area contributed by atoms with Crippen LogP contribution in [-0.2, 0) is 16.1 Å². The molecule has 3 aromatic rings. The second-order valence-electron chi connectivity index (χ2n) is 7.57. The van der Waals surface area contributed by atoms with Crippen molar-refractivity contribution >= 4 is 28.7 Å². The van der Waals surface area contributed by atoms with Gasteiger partial charge < -0.3 is 23.5 Å². The number of Topliss-reactive ketones (excluding diaryl/α,β-unsaturated/α-hetero) is 1. The van der Waals surface area contributed by atoms with Crippen molar-refractivity contribution in [2.24, 2.45) is 0 Å². The van der Waals surface area contributed by atoms with Crippen LogP contribution in [0.1, 0.15) is 28.4 Å². The third kappa shape index (κ3) is 4.35. The fraction of sp³-hybridized carbons (Fsp3) is 0.231. The van der Waals surface area contributed by atoms with Crippen LogP contribution in [0.5, 0.6) is 17.2 Å². The monoisotopic (exact) mass is 447 g/mol. The van der Waals surface area contributed by atoms with Crippen molar-refractivity contribution in [3.63, 3.8) is 0 Å². The number of benzene rings is 2. The summed E-state index contributed by atoms with van der Waals surface area (Å²) >= 11 is 0. The van der Waals surface area contributed by atoms with Crippen molar-refractivity contribution in [3.8, 4) is 17.2 Å². The molecule has 170 valence electrons. The van der Waals surface area contributed by atoms with Crippen molar-refractivity contribution < 1.29 is 28.5 Å². The zero-order chi connectivity index (χ0) is 23.5. The molecule has 7 nitrogen and oxygen atoms in total. The number of allylic oxidation sites excluding steroid dienone is 1. The lowest BCUT2D eigenvalue weighted by molar-refractivity contribution is -0.144. The Bertz CT molecular complexity index is 1280. The van der Waals surface area contributed by atoms with Crippen molar-refractivity contribution in [1.82, 2.24) is 4.57 Å². The van der Waals surface area contributed by atoms with Crippen LogP contribution in [0.3, 0.4) is 0 Å². The summed E-state index contributed by atoms with van der Waals surface area (Å²) in [5.74, 6) is 1.09. The Morgan fingerprint density at radius 2 is 2.03 bits per heavy atom. The second kappa shape index (κ2) is 9.24.